The Balaban J connectivity index is 1.43. The maximum atomic E-state index is 4.55. The highest BCUT2D eigenvalue weighted by atomic mass is 33.1. The summed E-state index contributed by atoms with van der Waals surface area (Å²) in [4.78, 5) is 9.10. The zero-order valence-corrected chi connectivity index (χ0v) is 14.8. The van der Waals surface area contributed by atoms with E-state index in [0.717, 1.165) is 43.9 Å². The van der Waals surface area contributed by atoms with E-state index in [1.807, 2.05) is 57.3 Å². The summed E-state index contributed by atoms with van der Waals surface area (Å²) in [7, 11) is 3.05. The molecule has 6 aromatic rings. The van der Waals surface area contributed by atoms with Gasteiger partial charge in [0.1, 0.15) is 0 Å². The summed E-state index contributed by atoms with van der Waals surface area (Å²) in [5, 5.41) is 16.4. The summed E-state index contributed by atoms with van der Waals surface area (Å²) in [6.07, 6.45) is 0. The van der Waals surface area contributed by atoms with Crippen molar-refractivity contribution in [3.63, 3.8) is 0 Å². The third-order valence-corrected chi connectivity index (χ3v) is 6.27. The molecule has 2 N–H and O–H groups in total. The molecule has 126 valence electrons. The minimum Gasteiger partial charge on any atom is -0.253 e. The number of nitrogens with one attached hydrogen (secondary N) is 2. The van der Waals surface area contributed by atoms with Crippen molar-refractivity contribution in [2.45, 2.75) is 10.3 Å². The molecule has 0 fully saturated rings. The maximum absolute atomic E-state index is 4.55. The number of imidazole rings is 2. The first-order valence-electron chi connectivity index (χ1n) is 7.86. The number of H-pyrrole nitrogens is 2. The Morgan fingerprint density at radius 1 is 0.654 bits per heavy atom. The molecule has 0 bridgehead atoms. The van der Waals surface area contributed by atoms with E-state index in [1.165, 1.54) is 21.6 Å². The van der Waals surface area contributed by atoms with Crippen LogP contribution in [0.2, 0.25) is 0 Å². The first kappa shape index (κ1) is 14.2. The number of benzene rings is 2. The fourth-order valence-electron chi connectivity index (χ4n) is 3.07. The molecule has 0 aliphatic heterocycles. The summed E-state index contributed by atoms with van der Waals surface area (Å²) in [6, 6.07) is 16.0. The van der Waals surface area contributed by atoms with E-state index in [-0.39, 0.29) is 0 Å². The molecule has 0 spiro atoms. The molecule has 8 nitrogen and oxygen atoms in total. The number of para-hydroxylation sites is 4. The van der Waals surface area contributed by atoms with Crippen LogP contribution in [0.1, 0.15) is 0 Å². The topological polar surface area (TPSA) is 92.0 Å². The molecule has 0 saturated carbocycles. The standard InChI is InChI=1S/C16H10N8S2/c1-3-7-11-9(5-1)17-13-19-21-15(23(11)13)25-26-16-22-20-14-18-10-6-2-4-8-12(10)24(14)16/h1-8H,(H,17,19)(H,18,20). The van der Waals surface area contributed by atoms with Crippen LogP contribution in [0.4, 0.5) is 0 Å². The monoisotopic (exact) mass is 378 g/mol. The van der Waals surface area contributed by atoms with E-state index in [4.69, 9.17) is 0 Å². The normalized spacial score (nSPS) is 12.2. The maximum Gasteiger partial charge on any atom is 0.231 e. The quantitative estimate of drug-likeness (QED) is 0.458. The van der Waals surface area contributed by atoms with Gasteiger partial charge in [0.05, 0.1) is 22.1 Å². The van der Waals surface area contributed by atoms with Gasteiger partial charge in [-0.25, -0.2) is 20.2 Å². The van der Waals surface area contributed by atoms with Crippen molar-refractivity contribution in [3.8, 4) is 0 Å². The zero-order chi connectivity index (χ0) is 17.1. The van der Waals surface area contributed by atoms with Crippen LogP contribution in [0.5, 0.6) is 0 Å². The molecule has 6 rings (SSSR count). The van der Waals surface area contributed by atoms with Crippen LogP contribution in [-0.2, 0) is 0 Å². The van der Waals surface area contributed by atoms with Crippen LogP contribution >= 0.6 is 21.6 Å². The predicted octanol–water partition coefficient (Wildman–Crippen LogP) is 3.53. The summed E-state index contributed by atoms with van der Waals surface area (Å²) in [6.45, 7) is 0. The number of fused-ring (bicyclic) bond motifs is 6. The van der Waals surface area contributed by atoms with Crippen molar-refractivity contribution < 1.29 is 0 Å². The van der Waals surface area contributed by atoms with Gasteiger partial charge in [-0.05, 0) is 45.9 Å². The van der Waals surface area contributed by atoms with E-state index < -0.39 is 0 Å². The average molecular weight is 378 g/mol. The van der Waals surface area contributed by atoms with Crippen molar-refractivity contribution in [1.29, 1.82) is 0 Å². The summed E-state index contributed by atoms with van der Waals surface area (Å²) in [5.74, 6) is 1.46. The highest BCUT2D eigenvalue weighted by Crippen LogP contribution is 2.37. The fourth-order valence-corrected chi connectivity index (χ4v) is 5.02. The molecule has 4 heterocycles. The lowest BCUT2D eigenvalue weighted by Gasteiger charge is -1.98. The number of hydrogen-bond donors (Lipinski definition) is 2. The van der Waals surface area contributed by atoms with Crippen molar-refractivity contribution in [1.82, 2.24) is 39.2 Å². The second-order valence-electron chi connectivity index (χ2n) is 5.70. The first-order chi connectivity index (χ1) is 12.9. The molecular formula is C16H10N8S2. The van der Waals surface area contributed by atoms with E-state index in [9.17, 15) is 0 Å². The van der Waals surface area contributed by atoms with Gasteiger partial charge in [0.2, 0.25) is 21.9 Å². The highest BCUT2D eigenvalue weighted by Gasteiger charge is 2.16. The zero-order valence-electron chi connectivity index (χ0n) is 13.1. The summed E-state index contributed by atoms with van der Waals surface area (Å²) in [5.41, 5.74) is 3.94. The molecule has 26 heavy (non-hydrogen) atoms. The lowest BCUT2D eigenvalue weighted by Crippen LogP contribution is -1.85. The largest absolute Gasteiger partial charge is 0.253 e. The van der Waals surface area contributed by atoms with Gasteiger partial charge in [0.25, 0.3) is 0 Å². The molecular weight excluding hydrogens is 368 g/mol. The second-order valence-corrected chi connectivity index (χ2v) is 7.76. The molecule has 0 atom stereocenters. The van der Waals surface area contributed by atoms with Crippen molar-refractivity contribution in [2.75, 3.05) is 0 Å². The third kappa shape index (κ3) is 1.93. The van der Waals surface area contributed by atoms with Crippen LogP contribution in [0.15, 0.2) is 58.8 Å². The molecule has 2 aromatic carbocycles. The van der Waals surface area contributed by atoms with Gasteiger partial charge in [-0.15, -0.1) is 10.2 Å². The third-order valence-electron chi connectivity index (χ3n) is 4.20. The van der Waals surface area contributed by atoms with Gasteiger partial charge in [0, 0.05) is 0 Å². The second kappa shape index (κ2) is 5.26. The Bertz CT molecular complexity index is 1300. The first-order valence-corrected chi connectivity index (χ1v) is 10.0. The van der Waals surface area contributed by atoms with Crippen molar-refractivity contribution >= 4 is 55.2 Å². The van der Waals surface area contributed by atoms with Gasteiger partial charge < -0.3 is 0 Å². The summed E-state index contributed by atoms with van der Waals surface area (Å²) >= 11 is 0. The van der Waals surface area contributed by atoms with Crippen LogP contribution in [0.3, 0.4) is 0 Å². The van der Waals surface area contributed by atoms with Crippen molar-refractivity contribution in [3.05, 3.63) is 48.5 Å². The smallest absolute Gasteiger partial charge is 0.231 e. The average Bonchev–Trinajstić information content (AvgIpc) is 3.40. The molecule has 4 aromatic heterocycles. The Morgan fingerprint density at radius 2 is 1.12 bits per heavy atom. The van der Waals surface area contributed by atoms with Crippen LogP contribution < -0.4 is 0 Å². The number of nitrogens with zero attached hydrogens (tertiary/aromatic N) is 6. The number of hydrogen-bond acceptors (Lipinski definition) is 6. The lowest BCUT2D eigenvalue weighted by atomic mass is 10.3. The van der Waals surface area contributed by atoms with Gasteiger partial charge in [-0.3, -0.25) is 8.80 Å². The van der Waals surface area contributed by atoms with Gasteiger partial charge >= 0.3 is 0 Å². The molecule has 0 radical (unpaired) electrons. The molecule has 10 heteroatoms. The summed E-state index contributed by atoms with van der Waals surface area (Å²) < 4.78 is 4.03. The number of rotatable bonds is 3. The van der Waals surface area contributed by atoms with Crippen molar-refractivity contribution in [2.24, 2.45) is 0 Å². The highest BCUT2D eigenvalue weighted by molar-refractivity contribution is 8.76. The predicted molar refractivity (Wildman–Crippen MR) is 101 cm³/mol. The van der Waals surface area contributed by atoms with Crippen LogP contribution in [0, 0.1) is 0 Å². The molecule has 0 unspecified atom stereocenters. The van der Waals surface area contributed by atoms with Gasteiger partial charge in [-0.1, -0.05) is 24.3 Å². The van der Waals surface area contributed by atoms with Crippen LogP contribution in [0.25, 0.3) is 33.6 Å². The van der Waals surface area contributed by atoms with E-state index in [1.54, 1.807) is 0 Å². The Morgan fingerprint density at radius 3 is 1.62 bits per heavy atom. The Labute approximate surface area is 153 Å². The number of aromatic amines is 2. The molecule has 0 amide bonds. The van der Waals surface area contributed by atoms with Gasteiger partial charge in [-0.2, -0.15) is 0 Å². The van der Waals surface area contributed by atoms with Crippen LogP contribution in [-0.4, -0.2) is 39.2 Å². The van der Waals surface area contributed by atoms with E-state index in [2.05, 4.69) is 30.4 Å². The molecule has 0 saturated heterocycles. The Kier molecular flexibility index (Phi) is 2.87. The minimum absolute atomic E-state index is 0.731. The fraction of sp³-hybridized carbons (Fsp3) is 0. The SMILES string of the molecule is c1ccc2c(c1)nc1[nH]nc(SSc3n[nH]c4nc5ccccc5n34)n12. The van der Waals surface area contributed by atoms with E-state index >= 15 is 0 Å². The Hall–Kier alpha value is -2.98. The molecule has 0 aliphatic rings. The minimum atomic E-state index is 0.731. The molecule has 0 aliphatic carbocycles. The number of aromatic nitrogens is 8. The lowest BCUT2D eigenvalue weighted by molar-refractivity contribution is 0.940. The van der Waals surface area contributed by atoms with Gasteiger partial charge in [0.15, 0.2) is 0 Å². The van der Waals surface area contributed by atoms with E-state index in [0.29, 0.717) is 0 Å².